The number of nitrogens with one attached hydrogen (secondary N) is 2. The third-order valence-electron chi connectivity index (χ3n) is 4.25. The van der Waals surface area contributed by atoms with Gasteiger partial charge in [-0.1, -0.05) is 42.5 Å². The number of anilines is 1. The molecular formula is C22H30N2O3. The number of carbonyl (C=O) groups is 1. The number of rotatable bonds is 13. The molecule has 2 aromatic rings. The van der Waals surface area contributed by atoms with Crippen molar-refractivity contribution < 1.29 is 14.6 Å². The Bertz CT molecular complexity index is 662. The third kappa shape index (κ3) is 9.66. The van der Waals surface area contributed by atoms with Crippen molar-refractivity contribution in [1.29, 1.82) is 0 Å². The van der Waals surface area contributed by atoms with Crippen LogP contribution in [0.4, 0.5) is 10.5 Å². The van der Waals surface area contributed by atoms with E-state index in [-0.39, 0.29) is 0 Å². The highest BCUT2D eigenvalue weighted by Gasteiger charge is 1.99. The Balaban J connectivity index is 1.51. The van der Waals surface area contributed by atoms with Crippen molar-refractivity contribution in [3.63, 3.8) is 0 Å². The molecule has 0 fully saturated rings. The lowest BCUT2D eigenvalue weighted by atomic mass is 10.1. The number of amides is 1. The van der Waals surface area contributed by atoms with Gasteiger partial charge in [-0.2, -0.15) is 0 Å². The molecule has 0 aromatic heterocycles. The molecule has 0 heterocycles. The fraction of sp³-hybridized carbons (Fsp3) is 0.409. The van der Waals surface area contributed by atoms with Gasteiger partial charge >= 0.3 is 6.09 Å². The summed E-state index contributed by atoms with van der Waals surface area (Å²) in [4.78, 5) is 10.4. The van der Waals surface area contributed by atoms with Gasteiger partial charge in [-0.25, -0.2) is 4.79 Å². The lowest BCUT2D eigenvalue weighted by Crippen LogP contribution is -2.22. The maximum absolute atomic E-state index is 10.4. The number of benzene rings is 2. The van der Waals surface area contributed by atoms with Crippen molar-refractivity contribution in [2.75, 3.05) is 25.0 Å². The van der Waals surface area contributed by atoms with E-state index in [2.05, 4.69) is 41.0 Å². The quantitative estimate of drug-likeness (QED) is 0.448. The molecule has 0 spiro atoms. The minimum absolute atomic E-state index is 0.485. The number of ether oxygens (including phenoxy) is 1. The lowest BCUT2D eigenvalue weighted by molar-refractivity contribution is 0.117. The second-order valence-corrected chi connectivity index (χ2v) is 6.56. The second kappa shape index (κ2) is 12.8. The van der Waals surface area contributed by atoms with Crippen molar-refractivity contribution >= 4 is 11.8 Å². The summed E-state index contributed by atoms with van der Waals surface area (Å²) in [6.45, 7) is 2.92. The molecule has 0 aliphatic carbocycles. The average molecular weight is 370 g/mol. The molecule has 0 atom stereocenters. The van der Waals surface area contributed by atoms with Gasteiger partial charge in [0, 0.05) is 25.4 Å². The van der Waals surface area contributed by atoms with Crippen LogP contribution in [0.15, 0.2) is 54.6 Å². The van der Waals surface area contributed by atoms with Gasteiger partial charge in [0.15, 0.2) is 0 Å². The van der Waals surface area contributed by atoms with Crippen LogP contribution in [0.1, 0.15) is 36.8 Å². The van der Waals surface area contributed by atoms with E-state index in [1.165, 1.54) is 11.1 Å². The first-order valence-electron chi connectivity index (χ1n) is 9.65. The molecule has 27 heavy (non-hydrogen) atoms. The Labute approximate surface area is 161 Å². The summed E-state index contributed by atoms with van der Waals surface area (Å²) in [5.74, 6) is 0. The van der Waals surface area contributed by atoms with E-state index in [0.29, 0.717) is 13.2 Å². The van der Waals surface area contributed by atoms with Crippen molar-refractivity contribution in [1.82, 2.24) is 5.32 Å². The molecule has 3 N–H and O–H groups in total. The standard InChI is InChI=1S/C22H30N2O3/c25-22(26)24-15-8-12-19-11-7-13-21(17-19)23-14-5-2-6-16-27-18-20-9-3-1-4-10-20/h1,3-4,7,9-11,13,17,23-24H,2,5-6,8,12,14-16,18H2,(H,25,26). The van der Waals surface area contributed by atoms with Crippen molar-refractivity contribution in [2.45, 2.75) is 38.7 Å². The molecule has 5 heteroatoms. The highest BCUT2D eigenvalue weighted by molar-refractivity contribution is 5.64. The van der Waals surface area contributed by atoms with E-state index in [9.17, 15) is 4.79 Å². The molecule has 0 saturated carbocycles. The maximum Gasteiger partial charge on any atom is 0.404 e. The van der Waals surface area contributed by atoms with Crippen LogP contribution in [0.3, 0.4) is 0 Å². The number of hydrogen-bond acceptors (Lipinski definition) is 3. The van der Waals surface area contributed by atoms with Gasteiger partial charge in [-0.15, -0.1) is 0 Å². The van der Waals surface area contributed by atoms with Crippen LogP contribution in [-0.4, -0.2) is 30.9 Å². The second-order valence-electron chi connectivity index (χ2n) is 6.56. The summed E-state index contributed by atoms with van der Waals surface area (Å²) < 4.78 is 5.70. The predicted molar refractivity (Wildman–Crippen MR) is 109 cm³/mol. The summed E-state index contributed by atoms with van der Waals surface area (Å²) >= 11 is 0. The van der Waals surface area contributed by atoms with E-state index < -0.39 is 6.09 Å². The van der Waals surface area contributed by atoms with E-state index in [1.54, 1.807) is 0 Å². The topological polar surface area (TPSA) is 70.6 Å². The largest absolute Gasteiger partial charge is 0.465 e. The van der Waals surface area contributed by atoms with Crippen LogP contribution in [0.25, 0.3) is 0 Å². The van der Waals surface area contributed by atoms with Gasteiger partial charge in [0.25, 0.3) is 0 Å². The first-order valence-corrected chi connectivity index (χ1v) is 9.65. The van der Waals surface area contributed by atoms with Crippen molar-refractivity contribution in [3.8, 4) is 0 Å². The van der Waals surface area contributed by atoms with Crippen molar-refractivity contribution in [3.05, 3.63) is 65.7 Å². The molecule has 2 rings (SSSR count). The van der Waals surface area contributed by atoms with Gasteiger partial charge in [0.05, 0.1) is 6.61 Å². The Kier molecular flexibility index (Phi) is 9.82. The molecule has 0 aliphatic rings. The summed E-state index contributed by atoms with van der Waals surface area (Å²) in [7, 11) is 0. The van der Waals surface area contributed by atoms with Crippen LogP contribution in [0, 0.1) is 0 Å². The zero-order valence-corrected chi connectivity index (χ0v) is 15.8. The SMILES string of the molecule is O=C(O)NCCCc1cccc(NCCCCCOCc2ccccc2)c1. The van der Waals surface area contributed by atoms with Crippen LogP contribution in [-0.2, 0) is 17.8 Å². The van der Waals surface area contributed by atoms with Crippen LogP contribution in [0.5, 0.6) is 0 Å². The molecule has 0 unspecified atom stereocenters. The fourth-order valence-electron chi connectivity index (χ4n) is 2.83. The minimum atomic E-state index is -0.962. The zero-order chi connectivity index (χ0) is 19.2. The Morgan fingerprint density at radius 3 is 2.52 bits per heavy atom. The van der Waals surface area contributed by atoms with E-state index in [1.807, 2.05) is 24.3 Å². The van der Waals surface area contributed by atoms with Gasteiger partial charge in [-0.3, -0.25) is 0 Å². The molecule has 0 radical (unpaired) electrons. The lowest BCUT2D eigenvalue weighted by Gasteiger charge is -2.09. The molecular weight excluding hydrogens is 340 g/mol. The number of aryl methyl sites for hydroxylation is 1. The van der Waals surface area contributed by atoms with Gasteiger partial charge in [0.2, 0.25) is 0 Å². The molecule has 2 aromatic carbocycles. The summed E-state index contributed by atoms with van der Waals surface area (Å²) in [6, 6.07) is 18.6. The smallest absolute Gasteiger partial charge is 0.404 e. The monoisotopic (exact) mass is 370 g/mol. The molecule has 0 aliphatic heterocycles. The minimum Gasteiger partial charge on any atom is -0.465 e. The van der Waals surface area contributed by atoms with E-state index >= 15 is 0 Å². The molecule has 0 saturated heterocycles. The first kappa shape index (κ1) is 20.8. The first-order chi connectivity index (χ1) is 13.2. The van der Waals surface area contributed by atoms with Gasteiger partial charge < -0.3 is 20.5 Å². The molecule has 146 valence electrons. The summed E-state index contributed by atoms with van der Waals surface area (Å²) in [6.07, 6.45) is 4.04. The highest BCUT2D eigenvalue weighted by atomic mass is 16.5. The number of unbranched alkanes of at least 4 members (excludes halogenated alkanes) is 2. The number of hydrogen-bond donors (Lipinski definition) is 3. The Morgan fingerprint density at radius 1 is 0.889 bits per heavy atom. The molecule has 0 bridgehead atoms. The Morgan fingerprint density at radius 2 is 1.70 bits per heavy atom. The average Bonchev–Trinajstić information content (AvgIpc) is 2.68. The fourth-order valence-corrected chi connectivity index (χ4v) is 2.83. The highest BCUT2D eigenvalue weighted by Crippen LogP contribution is 2.12. The number of carboxylic acid groups (broad SMARTS) is 1. The van der Waals surface area contributed by atoms with E-state index in [0.717, 1.165) is 50.9 Å². The molecule has 1 amide bonds. The van der Waals surface area contributed by atoms with Gasteiger partial charge in [-0.05, 0) is 55.4 Å². The normalized spacial score (nSPS) is 10.5. The Hall–Kier alpha value is -2.53. The van der Waals surface area contributed by atoms with Crippen LogP contribution >= 0.6 is 0 Å². The van der Waals surface area contributed by atoms with Gasteiger partial charge in [0.1, 0.15) is 0 Å². The third-order valence-corrected chi connectivity index (χ3v) is 4.25. The maximum atomic E-state index is 10.4. The van der Waals surface area contributed by atoms with Crippen LogP contribution < -0.4 is 10.6 Å². The predicted octanol–water partition coefficient (Wildman–Crippen LogP) is 4.69. The van der Waals surface area contributed by atoms with Crippen molar-refractivity contribution in [2.24, 2.45) is 0 Å². The summed E-state index contributed by atoms with van der Waals surface area (Å²) in [5.41, 5.74) is 3.57. The van der Waals surface area contributed by atoms with Crippen LogP contribution in [0.2, 0.25) is 0 Å². The molecule has 5 nitrogen and oxygen atoms in total. The summed E-state index contributed by atoms with van der Waals surface area (Å²) in [5, 5.41) is 14.4. The zero-order valence-electron chi connectivity index (χ0n) is 15.8. The van der Waals surface area contributed by atoms with E-state index in [4.69, 9.17) is 9.84 Å².